The Kier molecular flexibility index (Phi) is 3.37. The number of para-hydroxylation sites is 1. The first kappa shape index (κ1) is 13.0. The summed E-state index contributed by atoms with van der Waals surface area (Å²) in [6.07, 6.45) is 1.24. The van der Waals surface area contributed by atoms with Gasteiger partial charge in [-0.05, 0) is 32.0 Å². The van der Waals surface area contributed by atoms with E-state index in [1.165, 1.54) is 13.0 Å². The number of H-pyrrole nitrogens is 1. The molecule has 0 radical (unpaired) electrons. The maximum atomic E-state index is 9.45. The Bertz CT molecular complexity index is 652. The molecule has 4 heteroatoms. The molecule has 20 heavy (non-hydrogen) atoms. The zero-order valence-electron chi connectivity index (χ0n) is 12.1. The molecule has 1 unspecified atom stereocenters. The highest BCUT2D eigenvalue weighted by Crippen LogP contribution is 2.28. The number of likely N-dealkylation sites (tertiary alicyclic amines) is 1. The number of hydrogen-bond donors (Lipinski definition) is 1. The van der Waals surface area contributed by atoms with Crippen molar-refractivity contribution in [2.75, 3.05) is 38.6 Å². The fourth-order valence-electron chi connectivity index (χ4n) is 3.18. The molecule has 1 N–H and O–H groups in total. The van der Waals surface area contributed by atoms with Crippen LogP contribution in [-0.2, 0) is 0 Å². The number of anilines is 1. The molecule has 1 aliphatic rings. The van der Waals surface area contributed by atoms with E-state index in [1.54, 1.807) is 0 Å². The van der Waals surface area contributed by atoms with Gasteiger partial charge in [0.1, 0.15) is 17.5 Å². The predicted octanol–water partition coefficient (Wildman–Crippen LogP) is 2.43. The predicted molar refractivity (Wildman–Crippen MR) is 81.9 cm³/mol. The Morgan fingerprint density at radius 2 is 2.25 bits per heavy atom. The van der Waals surface area contributed by atoms with Gasteiger partial charge >= 0.3 is 0 Å². The number of nitrogens with zero attached hydrogens (tertiary/aromatic N) is 3. The summed E-state index contributed by atoms with van der Waals surface area (Å²) in [6, 6.07) is 10.4. The molecule has 1 aromatic carbocycles. The van der Waals surface area contributed by atoms with Crippen molar-refractivity contribution >= 4 is 16.7 Å². The van der Waals surface area contributed by atoms with E-state index in [0.717, 1.165) is 35.4 Å². The minimum atomic E-state index is 0.683. The average molecular weight is 268 g/mol. The minimum absolute atomic E-state index is 0.683. The highest BCUT2D eigenvalue weighted by Gasteiger charge is 2.23. The fraction of sp³-hybridized carbons (Fsp3) is 0.438. The van der Waals surface area contributed by atoms with Crippen LogP contribution in [0.1, 0.15) is 12.0 Å². The van der Waals surface area contributed by atoms with Crippen molar-refractivity contribution in [1.29, 1.82) is 5.26 Å². The number of nitriles is 1. The van der Waals surface area contributed by atoms with E-state index >= 15 is 0 Å². The van der Waals surface area contributed by atoms with E-state index < -0.39 is 0 Å². The van der Waals surface area contributed by atoms with Gasteiger partial charge in [0.05, 0.1) is 0 Å². The van der Waals surface area contributed by atoms with Crippen molar-refractivity contribution in [3.8, 4) is 6.07 Å². The van der Waals surface area contributed by atoms with E-state index in [0.29, 0.717) is 5.92 Å². The highest BCUT2D eigenvalue weighted by molar-refractivity contribution is 5.91. The van der Waals surface area contributed by atoms with Crippen LogP contribution >= 0.6 is 0 Å². The molecule has 4 nitrogen and oxygen atoms in total. The number of fused-ring (bicyclic) bond motifs is 1. The first-order chi connectivity index (χ1) is 9.69. The van der Waals surface area contributed by atoms with Gasteiger partial charge < -0.3 is 14.8 Å². The molecule has 2 aromatic rings. The van der Waals surface area contributed by atoms with Crippen LogP contribution in [0.15, 0.2) is 24.3 Å². The van der Waals surface area contributed by atoms with E-state index in [-0.39, 0.29) is 0 Å². The lowest BCUT2D eigenvalue weighted by atomic mass is 10.1. The van der Waals surface area contributed by atoms with Gasteiger partial charge in [-0.25, -0.2) is 0 Å². The molecule has 0 bridgehead atoms. The Labute approximate surface area is 119 Å². The summed E-state index contributed by atoms with van der Waals surface area (Å²) in [7, 11) is 4.24. The molecule has 1 aromatic heterocycles. The Morgan fingerprint density at radius 3 is 2.95 bits per heavy atom. The van der Waals surface area contributed by atoms with Crippen LogP contribution in [0.25, 0.3) is 10.9 Å². The van der Waals surface area contributed by atoms with Crippen molar-refractivity contribution in [3.63, 3.8) is 0 Å². The van der Waals surface area contributed by atoms with Crippen LogP contribution in [0.4, 0.5) is 5.82 Å². The zero-order valence-corrected chi connectivity index (χ0v) is 12.1. The molecular weight excluding hydrogens is 248 g/mol. The molecule has 3 rings (SSSR count). The van der Waals surface area contributed by atoms with Crippen LogP contribution in [0.2, 0.25) is 0 Å². The molecule has 2 heterocycles. The van der Waals surface area contributed by atoms with Gasteiger partial charge in [0.2, 0.25) is 0 Å². The second-order valence-corrected chi connectivity index (χ2v) is 5.80. The second kappa shape index (κ2) is 5.18. The lowest BCUT2D eigenvalue weighted by Gasteiger charge is -2.22. The average Bonchev–Trinajstić information content (AvgIpc) is 3.01. The topological polar surface area (TPSA) is 46.1 Å². The van der Waals surface area contributed by atoms with Crippen LogP contribution in [-0.4, -0.2) is 43.6 Å². The summed E-state index contributed by atoms with van der Waals surface area (Å²) in [5.74, 6) is 1.63. The summed E-state index contributed by atoms with van der Waals surface area (Å²) >= 11 is 0. The van der Waals surface area contributed by atoms with Crippen LogP contribution in [0.5, 0.6) is 0 Å². The molecule has 104 valence electrons. The molecule has 1 atom stereocenters. The van der Waals surface area contributed by atoms with E-state index in [2.05, 4.69) is 34.9 Å². The summed E-state index contributed by atoms with van der Waals surface area (Å²) in [5.41, 5.74) is 1.80. The van der Waals surface area contributed by atoms with Gasteiger partial charge in [-0.2, -0.15) is 5.26 Å². The molecule has 0 spiro atoms. The standard InChI is InChI=1S/C16H20N4/c1-19-8-7-12(10-19)11-20(2)16-14(9-17)13-5-3-4-6-15(13)18-16/h3-6,12,18H,7-8,10-11H2,1-2H3. The number of hydrogen-bond acceptors (Lipinski definition) is 3. The number of aromatic nitrogens is 1. The van der Waals surface area contributed by atoms with E-state index in [1.807, 2.05) is 24.3 Å². The first-order valence-corrected chi connectivity index (χ1v) is 7.09. The quantitative estimate of drug-likeness (QED) is 0.930. The molecule has 0 amide bonds. The summed E-state index contributed by atoms with van der Waals surface area (Å²) < 4.78 is 0. The van der Waals surface area contributed by atoms with Gasteiger partial charge in [-0.1, -0.05) is 18.2 Å². The third-order valence-corrected chi connectivity index (χ3v) is 4.20. The third-order valence-electron chi connectivity index (χ3n) is 4.20. The van der Waals surface area contributed by atoms with E-state index in [4.69, 9.17) is 0 Å². The van der Waals surface area contributed by atoms with Gasteiger partial charge in [0, 0.05) is 31.0 Å². The third kappa shape index (κ3) is 2.25. The number of aromatic amines is 1. The molecular formula is C16H20N4. The number of nitrogens with one attached hydrogen (secondary N) is 1. The lowest BCUT2D eigenvalue weighted by Crippen LogP contribution is -2.27. The van der Waals surface area contributed by atoms with Gasteiger partial charge in [-0.3, -0.25) is 0 Å². The van der Waals surface area contributed by atoms with Crippen molar-refractivity contribution in [2.45, 2.75) is 6.42 Å². The molecule has 1 saturated heterocycles. The smallest absolute Gasteiger partial charge is 0.124 e. The number of rotatable bonds is 3. The van der Waals surface area contributed by atoms with Crippen LogP contribution in [0.3, 0.4) is 0 Å². The van der Waals surface area contributed by atoms with E-state index in [9.17, 15) is 5.26 Å². The number of benzene rings is 1. The van der Waals surface area contributed by atoms with Crippen molar-refractivity contribution in [1.82, 2.24) is 9.88 Å². The zero-order chi connectivity index (χ0) is 14.1. The molecule has 0 saturated carbocycles. The second-order valence-electron chi connectivity index (χ2n) is 5.80. The Balaban J connectivity index is 1.87. The monoisotopic (exact) mass is 268 g/mol. The normalized spacial score (nSPS) is 19.4. The molecule has 1 fully saturated rings. The van der Waals surface area contributed by atoms with Gasteiger partial charge in [0.25, 0.3) is 0 Å². The first-order valence-electron chi connectivity index (χ1n) is 7.09. The molecule has 0 aliphatic carbocycles. The maximum Gasteiger partial charge on any atom is 0.124 e. The summed E-state index contributed by atoms with van der Waals surface area (Å²) in [6.45, 7) is 3.31. The van der Waals surface area contributed by atoms with Gasteiger partial charge in [-0.15, -0.1) is 0 Å². The van der Waals surface area contributed by atoms with Gasteiger partial charge in [0.15, 0.2) is 0 Å². The summed E-state index contributed by atoms with van der Waals surface area (Å²) in [5, 5.41) is 10.5. The van der Waals surface area contributed by atoms with Crippen molar-refractivity contribution in [3.05, 3.63) is 29.8 Å². The van der Waals surface area contributed by atoms with Crippen molar-refractivity contribution in [2.24, 2.45) is 5.92 Å². The minimum Gasteiger partial charge on any atom is -0.360 e. The maximum absolute atomic E-state index is 9.45. The molecule has 1 aliphatic heterocycles. The SMILES string of the molecule is CN1CCC(CN(C)c2[nH]c3ccccc3c2C#N)C1. The van der Waals surface area contributed by atoms with Crippen molar-refractivity contribution < 1.29 is 0 Å². The lowest BCUT2D eigenvalue weighted by molar-refractivity contribution is 0.395. The highest BCUT2D eigenvalue weighted by atomic mass is 15.2. The fourth-order valence-corrected chi connectivity index (χ4v) is 3.18. The van der Waals surface area contributed by atoms with Crippen LogP contribution < -0.4 is 4.90 Å². The summed E-state index contributed by atoms with van der Waals surface area (Å²) in [4.78, 5) is 7.96. The largest absolute Gasteiger partial charge is 0.360 e. The van der Waals surface area contributed by atoms with Crippen LogP contribution in [0, 0.1) is 17.2 Å². The Morgan fingerprint density at radius 1 is 1.45 bits per heavy atom. The Hall–Kier alpha value is -1.99.